The first-order valence-electron chi connectivity index (χ1n) is 7.85. The Balaban J connectivity index is 1.77. The topological polar surface area (TPSA) is 118 Å². The van der Waals surface area contributed by atoms with Gasteiger partial charge in [0.2, 0.25) is 5.69 Å². The molecule has 1 saturated heterocycles. The maximum atomic E-state index is 13.2. The van der Waals surface area contributed by atoms with Crippen LogP contribution in [0.1, 0.15) is 11.4 Å². The van der Waals surface area contributed by atoms with E-state index in [2.05, 4.69) is 30.8 Å². The summed E-state index contributed by atoms with van der Waals surface area (Å²) in [5.74, 6) is -0.302. The van der Waals surface area contributed by atoms with Gasteiger partial charge in [-0.05, 0) is 0 Å². The highest BCUT2D eigenvalue weighted by Crippen LogP contribution is 2.35. The summed E-state index contributed by atoms with van der Waals surface area (Å²) < 4.78 is 50.2. The molecule has 0 aliphatic carbocycles. The van der Waals surface area contributed by atoms with Crippen LogP contribution < -0.4 is 15.4 Å². The zero-order valence-corrected chi connectivity index (χ0v) is 13.8. The maximum absolute atomic E-state index is 13.2. The summed E-state index contributed by atoms with van der Waals surface area (Å²) in [5.41, 5.74) is -1.13. The van der Waals surface area contributed by atoms with E-state index in [0.29, 0.717) is 19.7 Å². The van der Waals surface area contributed by atoms with Gasteiger partial charge in [0.15, 0.2) is 17.3 Å². The number of morpholine rings is 1. The van der Waals surface area contributed by atoms with Gasteiger partial charge in [0, 0.05) is 19.2 Å². The summed E-state index contributed by atoms with van der Waals surface area (Å²) in [7, 11) is 0. The number of rotatable bonds is 5. The summed E-state index contributed by atoms with van der Waals surface area (Å²) in [4.78, 5) is 7.71. The Morgan fingerprint density at radius 3 is 2.78 bits per heavy atom. The Morgan fingerprint density at radius 1 is 1.30 bits per heavy atom. The van der Waals surface area contributed by atoms with Gasteiger partial charge in [0.1, 0.15) is 24.6 Å². The number of alkyl halides is 3. The highest BCUT2D eigenvalue weighted by atomic mass is 19.4. The van der Waals surface area contributed by atoms with Crippen LogP contribution in [0.15, 0.2) is 18.5 Å². The lowest BCUT2D eigenvalue weighted by atomic mass is 10.3. The number of aromatic nitrogens is 4. The summed E-state index contributed by atoms with van der Waals surface area (Å²) in [6, 6.07) is 2.88. The molecule has 1 aliphatic rings. The lowest BCUT2D eigenvalue weighted by molar-refractivity contribution is -0.143. The molecule has 0 unspecified atom stereocenters. The third kappa shape index (κ3) is 4.99. The number of nitrogens with zero attached hydrogens (tertiary/aromatic N) is 5. The van der Waals surface area contributed by atoms with Crippen LogP contribution in [0.25, 0.3) is 0 Å². The second-order valence-electron chi connectivity index (χ2n) is 5.47. The molecule has 0 spiro atoms. The van der Waals surface area contributed by atoms with Crippen LogP contribution in [-0.4, -0.2) is 52.6 Å². The average Bonchev–Trinajstić information content (AvgIpc) is 2.67. The fourth-order valence-corrected chi connectivity index (χ4v) is 2.23. The Hall–Kier alpha value is -3.04. The summed E-state index contributed by atoms with van der Waals surface area (Å²) in [5, 5.41) is 21.1. The molecule has 3 heterocycles. The molecule has 1 fully saturated rings. The van der Waals surface area contributed by atoms with Crippen LogP contribution in [0.4, 0.5) is 24.8 Å². The van der Waals surface area contributed by atoms with E-state index >= 15 is 0 Å². The molecule has 27 heavy (non-hydrogen) atoms. The van der Waals surface area contributed by atoms with E-state index in [1.165, 1.54) is 12.4 Å². The first kappa shape index (κ1) is 18.7. The van der Waals surface area contributed by atoms with Crippen molar-refractivity contribution >= 4 is 11.6 Å². The molecular formula is C15H14F3N7O2. The minimum absolute atomic E-state index is 0.0142. The van der Waals surface area contributed by atoms with Crippen molar-refractivity contribution in [1.82, 2.24) is 25.5 Å². The molecule has 1 atom stereocenters. The van der Waals surface area contributed by atoms with Gasteiger partial charge in [-0.2, -0.15) is 18.4 Å². The Kier molecular flexibility index (Phi) is 5.63. The Morgan fingerprint density at radius 2 is 2.15 bits per heavy atom. The van der Waals surface area contributed by atoms with Crippen molar-refractivity contribution < 1.29 is 22.6 Å². The first-order valence-corrected chi connectivity index (χ1v) is 7.85. The molecule has 2 N–H and O–H groups in total. The summed E-state index contributed by atoms with van der Waals surface area (Å²) in [6.45, 7) is 1.55. The smallest absolute Gasteiger partial charge is 0.438 e. The molecule has 12 heteroatoms. The number of hydrogen-bond acceptors (Lipinski definition) is 9. The third-order valence-electron chi connectivity index (χ3n) is 3.48. The van der Waals surface area contributed by atoms with E-state index in [9.17, 15) is 13.2 Å². The van der Waals surface area contributed by atoms with Crippen molar-refractivity contribution in [2.75, 3.05) is 31.6 Å². The van der Waals surface area contributed by atoms with Crippen molar-refractivity contribution in [3.05, 3.63) is 29.8 Å². The molecule has 2 aromatic heterocycles. The normalized spacial score (nSPS) is 17.2. The molecule has 1 aliphatic heterocycles. The molecule has 0 aromatic carbocycles. The number of nitrogens with one attached hydrogen (secondary N) is 2. The Bertz CT molecular complexity index is 818. The monoisotopic (exact) mass is 381 g/mol. The lowest BCUT2D eigenvalue weighted by Gasteiger charge is -2.24. The van der Waals surface area contributed by atoms with E-state index in [1.54, 1.807) is 0 Å². The number of hydrogen-bond donors (Lipinski definition) is 2. The summed E-state index contributed by atoms with van der Waals surface area (Å²) in [6.07, 6.45) is -2.63. The SMILES string of the molecule is N#Cc1cnc(Nc2cc(OC[C@H]3CNCCO3)c(C(F)(F)F)nn2)cn1. The maximum Gasteiger partial charge on any atom is 0.438 e. The van der Waals surface area contributed by atoms with E-state index in [4.69, 9.17) is 14.7 Å². The second-order valence-corrected chi connectivity index (χ2v) is 5.47. The minimum atomic E-state index is -4.72. The van der Waals surface area contributed by atoms with Gasteiger partial charge in [0.05, 0.1) is 19.0 Å². The fourth-order valence-electron chi connectivity index (χ4n) is 2.23. The molecule has 0 radical (unpaired) electrons. The van der Waals surface area contributed by atoms with Crippen molar-refractivity contribution in [1.29, 1.82) is 5.26 Å². The van der Waals surface area contributed by atoms with Crippen LogP contribution >= 0.6 is 0 Å². The molecule has 9 nitrogen and oxygen atoms in total. The van der Waals surface area contributed by atoms with Crippen molar-refractivity contribution in [3.63, 3.8) is 0 Å². The van der Waals surface area contributed by atoms with Crippen LogP contribution in [0.2, 0.25) is 0 Å². The molecule has 0 bridgehead atoms. The summed E-state index contributed by atoms with van der Waals surface area (Å²) >= 11 is 0. The second kappa shape index (κ2) is 8.11. The van der Waals surface area contributed by atoms with Gasteiger partial charge < -0.3 is 20.1 Å². The van der Waals surface area contributed by atoms with Crippen LogP contribution in [0, 0.1) is 11.3 Å². The van der Waals surface area contributed by atoms with Gasteiger partial charge >= 0.3 is 6.18 Å². The standard InChI is InChI=1S/C15H14F3N7O2/c16-15(17,18)14-11(27-8-10-6-20-1-2-26-10)3-12(24-25-14)23-13-7-21-9(4-19)5-22-13/h3,5,7,10,20H,1-2,6,8H2,(H,22,23,24)/t10-/m1/s1. The highest BCUT2D eigenvalue weighted by Gasteiger charge is 2.37. The van der Waals surface area contributed by atoms with Crippen LogP contribution in [-0.2, 0) is 10.9 Å². The van der Waals surface area contributed by atoms with E-state index < -0.39 is 17.6 Å². The third-order valence-corrected chi connectivity index (χ3v) is 3.48. The number of anilines is 2. The van der Waals surface area contributed by atoms with Crippen molar-refractivity contribution in [3.8, 4) is 11.8 Å². The molecular weight excluding hydrogens is 367 g/mol. The first-order chi connectivity index (χ1) is 13.0. The average molecular weight is 381 g/mol. The zero-order valence-electron chi connectivity index (χ0n) is 13.8. The largest absolute Gasteiger partial charge is 0.488 e. The lowest BCUT2D eigenvalue weighted by Crippen LogP contribution is -2.41. The number of ether oxygens (including phenoxy) is 2. The van der Waals surface area contributed by atoms with Gasteiger partial charge in [-0.25, -0.2) is 9.97 Å². The highest BCUT2D eigenvalue weighted by molar-refractivity contribution is 5.53. The van der Waals surface area contributed by atoms with E-state index in [-0.39, 0.29) is 30.0 Å². The van der Waals surface area contributed by atoms with Crippen LogP contribution in [0.3, 0.4) is 0 Å². The van der Waals surface area contributed by atoms with Gasteiger partial charge in [-0.15, -0.1) is 10.2 Å². The minimum Gasteiger partial charge on any atom is -0.488 e. The molecule has 3 rings (SSSR count). The Labute approximate surface area is 151 Å². The molecule has 0 saturated carbocycles. The quantitative estimate of drug-likeness (QED) is 0.789. The van der Waals surface area contributed by atoms with Crippen molar-refractivity contribution in [2.24, 2.45) is 0 Å². The van der Waals surface area contributed by atoms with E-state index in [1.807, 2.05) is 6.07 Å². The number of nitriles is 1. The van der Waals surface area contributed by atoms with Crippen molar-refractivity contribution in [2.45, 2.75) is 12.3 Å². The zero-order chi connectivity index (χ0) is 19.3. The predicted octanol–water partition coefficient (Wildman–Crippen LogP) is 1.27. The molecule has 0 amide bonds. The van der Waals surface area contributed by atoms with Gasteiger partial charge in [0.25, 0.3) is 0 Å². The number of halogens is 3. The van der Waals surface area contributed by atoms with Gasteiger partial charge in [-0.1, -0.05) is 0 Å². The molecule has 142 valence electrons. The van der Waals surface area contributed by atoms with E-state index in [0.717, 1.165) is 6.07 Å². The molecule has 2 aromatic rings. The van der Waals surface area contributed by atoms with Gasteiger partial charge in [-0.3, -0.25) is 0 Å². The fraction of sp³-hybridized carbons (Fsp3) is 0.400. The van der Waals surface area contributed by atoms with Crippen LogP contribution in [0.5, 0.6) is 5.75 Å². The predicted molar refractivity (Wildman–Crippen MR) is 85.2 cm³/mol.